The smallest absolute Gasteiger partial charge is 0.302 e. The van der Waals surface area contributed by atoms with Crippen molar-refractivity contribution in [3.63, 3.8) is 0 Å². The number of alkyl halides is 3. The zero-order chi connectivity index (χ0) is 23.4. The van der Waals surface area contributed by atoms with Gasteiger partial charge in [0.2, 0.25) is 5.95 Å². The van der Waals surface area contributed by atoms with Gasteiger partial charge in [-0.25, -0.2) is 19.3 Å². The van der Waals surface area contributed by atoms with Gasteiger partial charge in [-0.3, -0.25) is 4.21 Å². The summed E-state index contributed by atoms with van der Waals surface area (Å²) in [7, 11) is -1.99. The third kappa shape index (κ3) is 4.06. The fourth-order valence-corrected chi connectivity index (χ4v) is 5.93. The van der Waals surface area contributed by atoms with Crippen molar-refractivity contribution in [1.82, 2.24) is 19.9 Å². The van der Waals surface area contributed by atoms with Crippen molar-refractivity contribution >= 4 is 34.2 Å². The van der Waals surface area contributed by atoms with Gasteiger partial charge in [-0.15, -0.1) is 0 Å². The van der Waals surface area contributed by atoms with Crippen molar-refractivity contribution in [2.24, 2.45) is 0 Å². The molecule has 2 N–H and O–H groups in total. The molecule has 2 fully saturated rings. The number of nitrogens with one attached hydrogen (secondary N) is 1. The van der Waals surface area contributed by atoms with Crippen molar-refractivity contribution < 1.29 is 22.5 Å². The summed E-state index contributed by atoms with van der Waals surface area (Å²) in [5.41, 5.74) is -1.29. The molecule has 33 heavy (non-hydrogen) atoms. The van der Waals surface area contributed by atoms with Gasteiger partial charge in [0.25, 0.3) is 0 Å². The minimum absolute atomic E-state index is 0.0258. The first-order valence-electron chi connectivity index (χ1n) is 10.7. The number of hydrogen-bond donors (Lipinski definition) is 2. The zero-order valence-corrected chi connectivity index (χ0v) is 19.1. The number of aliphatic hydroxyl groups is 1. The van der Waals surface area contributed by atoms with Gasteiger partial charge in [0.05, 0.1) is 46.2 Å². The molecule has 0 amide bonds. The molecule has 4 heterocycles. The number of piperidine rings is 1. The Kier molecular flexibility index (Phi) is 5.73. The minimum Gasteiger partial charge on any atom is -0.394 e. The lowest BCUT2D eigenvalue weighted by Gasteiger charge is -2.42. The Hall–Kier alpha value is -2.05. The van der Waals surface area contributed by atoms with E-state index < -0.39 is 45.8 Å². The number of nitrogens with zero attached hydrogens (tertiary/aromatic N) is 5. The summed E-state index contributed by atoms with van der Waals surface area (Å²) in [6, 6.07) is 0. The highest BCUT2D eigenvalue weighted by Crippen LogP contribution is 2.45. The number of rotatable bonds is 5. The number of hydrogen-bond acceptors (Lipinski definition) is 8. The summed E-state index contributed by atoms with van der Waals surface area (Å²) in [5.74, 6) is -4.51. The highest BCUT2D eigenvalue weighted by molar-refractivity contribution is 7.85. The molecule has 8 nitrogen and oxygen atoms in total. The Balaban J connectivity index is 1.46. The van der Waals surface area contributed by atoms with Gasteiger partial charge in [-0.2, -0.15) is 13.8 Å². The molecule has 0 bridgehead atoms. The van der Waals surface area contributed by atoms with Crippen LogP contribution < -0.4 is 10.2 Å². The maximum absolute atomic E-state index is 15.1. The molecule has 3 aliphatic rings. The molecule has 2 unspecified atom stereocenters. The molecule has 0 spiro atoms. The maximum atomic E-state index is 15.1. The van der Waals surface area contributed by atoms with Gasteiger partial charge in [0.1, 0.15) is 28.4 Å². The molecule has 1 saturated carbocycles. The van der Waals surface area contributed by atoms with E-state index in [0.29, 0.717) is 36.7 Å². The summed E-state index contributed by atoms with van der Waals surface area (Å²) in [4.78, 5) is 18.0. The normalized spacial score (nSPS) is 27.7. The predicted octanol–water partition coefficient (Wildman–Crippen LogP) is 2.79. The number of halogens is 4. The minimum atomic E-state index is -3.38. The van der Waals surface area contributed by atoms with E-state index in [1.54, 1.807) is 0 Å². The molecule has 178 valence electrons. The average Bonchev–Trinajstić information content (AvgIpc) is 2.99. The van der Waals surface area contributed by atoms with Crippen LogP contribution in [0.3, 0.4) is 0 Å². The molecule has 0 aromatic carbocycles. The van der Waals surface area contributed by atoms with Crippen molar-refractivity contribution in [1.29, 1.82) is 0 Å². The Morgan fingerprint density at radius 1 is 1.27 bits per heavy atom. The second-order valence-electron chi connectivity index (χ2n) is 8.78. The highest BCUT2D eigenvalue weighted by Gasteiger charge is 2.50. The standard InChI is InChI=1S/C20H22ClF3N6O2S/c21-11-6-25-16(26-7-11)12-2-5-30(8-13(12)22)18-27-15-14(33(32)10-20(15,23)24)17(28-18)29-19(9-31)3-1-4-19/h6-7,12-13,31H,1-5,8-10H2,(H,27,28,29)/t12?,13?,33-/m0/s1. The first-order chi connectivity index (χ1) is 15.7. The first kappa shape index (κ1) is 22.7. The summed E-state index contributed by atoms with van der Waals surface area (Å²) in [6.45, 7) is -0.0348. The van der Waals surface area contributed by atoms with Crippen LogP contribution in [0.15, 0.2) is 17.3 Å². The quantitative estimate of drug-likeness (QED) is 0.643. The topological polar surface area (TPSA) is 104 Å². The number of anilines is 2. The lowest BCUT2D eigenvalue weighted by Crippen LogP contribution is -2.49. The van der Waals surface area contributed by atoms with Crippen LogP contribution in [0.4, 0.5) is 24.9 Å². The molecule has 0 radical (unpaired) electrons. The Bertz CT molecular complexity index is 1080. The molecule has 3 atom stereocenters. The summed E-state index contributed by atoms with van der Waals surface area (Å²) in [6.07, 6.45) is 3.91. The number of aliphatic hydroxyl groups excluding tert-OH is 1. The summed E-state index contributed by atoms with van der Waals surface area (Å²) < 4.78 is 56.9. The van der Waals surface area contributed by atoms with E-state index >= 15 is 4.39 Å². The van der Waals surface area contributed by atoms with Crippen molar-refractivity contribution in [2.75, 3.05) is 35.7 Å². The fraction of sp³-hybridized carbons (Fsp3) is 0.600. The second-order valence-corrected chi connectivity index (χ2v) is 10.6. The van der Waals surface area contributed by atoms with Crippen molar-refractivity contribution in [3.8, 4) is 0 Å². The zero-order valence-electron chi connectivity index (χ0n) is 17.5. The fourth-order valence-electron chi connectivity index (χ4n) is 4.50. The number of aromatic nitrogens is 4. The van der Waals surface area contributed by atoms with Crippen LogP contribution in [0.2, 0.25) is 5.02 Å². The van der Waals surface area contributed by atoms with Crippen LogP contribution in [0, 0.1) is 0 Å². The SMILES string of the molecule is O=[S@]1CC(F)(F)c2nc(N3CCC(c4ncc(Cl)cn4)C(F)C3)nc(NC3(CO)CCC3)c21. The van der Waals surface area contributed by atoms with Gasteiger partial charge in [0.15, 0.2) is 0 Å². The van der Waals surface area contributed by atoms with Gasteiger partial charge in [0, 0.05) is 18.9 Å². The van der Waals surface area contributed by atoms with E-state index in [2.05, 4.69) is 25.3 Å². The Morgan fingerprint density at radius 3 is 2.61 bits per heavy atom. The van der Waals surface area contributed by atoms with Gasteiger partial charge < -0.3 is 15.3 Å². The molecule has 2 aliphatic heterocycles. The van der Waals surface area contributed by atoms with Gasteiger partial charge in [-0.05, 0) is 25.7 Å². The van der Waals surface area contributed by atoms with E-state index in [9.17, 15) is 18.1 Å². The highest BCUT2D eigenvalue weighted by atomic mass is 35.5. The van der Waals surface area contributed by atoms with Crippen LogP contribution in [-0.2, 0) is 16.7 Å². The van der Waals surface area contributed by atoms with E-state index in [1.165, 1.54) is 17.3 Å². The van der Waals surface area contributed by atoms with Crippen LogP contribution >= 0.6 is 11.6 Å². The largest absolute Gasteiger partial charge is 0.394 e. The van der Waals surface area contributed by atoms with Gasteiger partial charge in [-0.1, -0.05) is 11.6 Å². The molecular weight excluding hydrogens is 481 g/mol. The lowest BCUT2D eigenvalue weighted by atomic mass is 9.77. The number of fused-ring (bicyclic) bond motifs is 1. The van der Waals surface area contributed by atoms with Crippen LogP contribution in [-0.4, -0.2) is 66.4 Å². The molecule has 1 saturated heterocycles. The monoisotopic (exact) mass is 502 g/mol. The molecule has 2 aromatic heterocycles. The second kappa shape index (κ2) is 8.31. The van der Waals surface area contributed by atoms with Gasteiger partial charge >= 0.3 is 5.92 Å². The third-order valence-electron chi connectivity index (χ3n) is 6.53. The Morgan fingerprint density at radius 2 is 2.00 bits per heavy atom. The van der Waals surface area contributed by atoms with Crippen LogP contribution in [0.25, 0.3) is 0 Å². The van der Waals surface area contributed by atoms with E-state index in [4.69, 9.17) is 11.6 Å². The van der Waals surface area contributed by atoms with E-state index in [1.807, 2.05) is 0 Å². The van der Waals surface area contributed by atoms with Crippen LogP contribution in [0.5, 0.6) is 0 Å². The molecular formula is C20H22ClF3N6O2S. The first-order valence-corrected chi connectivity index (χ1v) is 12.4. The van der Waals surface area contributed by atoms with Crippen molar-refractivity contribution in [2.45, 2.75) is 54.1 Å². The molecule has 1 aliphatic carbocycles. The average molecular weight is 503 g/mol. The third-order valence-corrected chi connectivity index (χ3v) is 8.20. The van der Waals surface area contributed by atoms with E-state index in [0.717, 1.165) is 6.42 Å². The molecule has 13 heteroatoms. The maximum Gasteiger partial charge on any atom is 0.302 e. The summed E-state index contributed by atoms with van der Waals surface area (Å²) in [5, 5.41) is 13.2. The lowest BCUT2D eigenvalue weighted by molar-refractivity contribution is 0.0191. The van der Waals surface area contributed by atoms with E-state index in [-0.39, 0.29) is 29.8 Å². The summed E-state index contributed by atoms with van der Waals surface area (Å²) >= 11 is 5.81. The predicted molar refractivity (Wildman–Crippen MR) is 116 cm³/mol. The molecule has 2 aromatic rings. The van der Waals surface area contributed by atoms with Crippen molar-refractivity contribution in [3.05, 3.63) is 28.9 Å². The Labute approximate surface area is 195 Å². The molecule has 5 rings (SSSR count). The van der Waals surface area contributed by atoms with Crippen LogP contribution in [0.1, 0.15) is 43.1 Å².